The number of nitrogens with one attached hydrogen (secondary N) is 1. The minimum absolute atomic E-state index is 0.0404. The number of hydrogen-bond acceptors (Lipinski definition) is 3. The van der Waals surface area contributed by atoms with Gasteiger partial charge in [-0.05, 0) is 30.2 Å². The molecule has 110 valence electrons. The van der Waals surface area contributed by atoms with Gasteiger partial charge in [-0.15, -0.1) is 0 Å². The standard InChI is InChI=1S/C18H22N2O/c1-13-17(14-7-5-4-6-8-14)21-18(19-13)15-9-11-16(12-10-15)20(2)3/h4-13,17-19H,1-3H3/t13-,17+,18-/m1/s1. The molecule has 1 N–H and O–H groups in total. The van der Waals surface area contributed by atoms with E-state index in [1.165, 1.54) is 16.8 Å². The highest BCUT2D eigenvalue weighted by molar-refractivity contribution is 5.46. The molecule has 0 spiro atoms. The smallest absolute Gasteiger partial charge is 0.135 e. The summed E-state index contributed by atoms with van der Waals surface area (Å²) in [6, 6.07) is 19.2. The molecule has 3 nitrogen and oxygen atoms in total. The Labute approximate surface area is 126 Å². The molecule has 1 heterocycles. The molecule has 0 bridgehead atoms. The SMILES string of the molecule is C[C@H]1N[C@@H](c2ccc(N(C)C)cc2)O[C@@H]1c1ccccc1. The van der Waals surface area contributed by atoms with Gasteiger partial charge in [0.1, 0.15) is 12.3 Å². The number of hydrogen-bond donors (Lipinski definition) is 1. The molecular weight excluding hydrogens is 260 g/mol. The van der Waals surface area contributed by atoms with Crippen molar-refractivity contribution in [3.05, 3.63) is 65.7 Å². The first-order valence-corrected chi connectivity index (χ1v) is 7.39. The minimum atomic E-state index is -0.0404. The van der Waals surface area contributed by atoms with Crippen LogP contribution in [0, 0.1) is 0 Å². The lowest BCUT2D eigenvalue weighted by Crippen LogP contribution is -2.23. The third-order valence-electron chi connectivity index (χ3n) is 3.99. The summed E-state index contributed by atoms with van der Waals surface area (Å²) in [6.45, 7) is 2.17. The van der Waals surface area contributed by atoms with E-state index in [9.17, 15) is 0 Å². The largest absolute Gasteiger partial charge is 0.378 e. The van der Waals surface area contributed by atoms with E-state index in [0.717, 1.165) is 0 Å². The lowest BCUT2D eigenvalue weighted by atomic mass is 10.0. The zero-order valence-corrected chi connectivity index (χ0v) is 12.8. The monoisotopic (exact) mass is 282 g/mol. The van der Waals surface area contributed by atoms with Gasteiger partial charge >= 0.3 is 0 Å². The zero-order valence-electron chi connectivity index (χ0n) is 12.8. The van der Waals surface area contributed by atoms with Crippen LogP contribution in [0.1, 0.15) is 30.4 Å². The van der Waals surface area contributed by atoms with Crippen LogP contribution in [-0.4, -0.2) is 20.1 Å². The van der Waals surface area contributed by atoms with Gasteiger partial charge in [0.2, 0.25) is 0 Å². The Bertz CT molecular complexity index is 580. The molecule has 0 amide bonds. The van der Waals surface area contributed by atoms with Gasteiger partial charge in [0.05, 0.1) is 0 Å². The van der Waals surface area contributed by atoms with Gasteiger partial charge in [0.15, 0.2) is 0 Å². The predicted octanol–water partition coefficient (Wildman–Crippen LogP) is 3.50. The molecular formula is C18H22N2O. The van der Waals surface area contributed by atoms with E-state index in [4.69, 9.17) is 4.74 Å². The van der Waals surface area contributed by atoms with Crippen LogP contribution in [0.2, 0.25) is 0 Å². The third kappa shape index (κ3) is 2.94. The fraction of sp³-hybridized carbons (Fsp3) is 0.333. The Morgan fingerprint density at radius 3 is 2.19 bits per heavy atom. The topological polar surface area (TPSA) is 24.5 Å². The van der Waals surface area contributed by atoms with Crippen LogP contribution >= 0.6 is 0 Å². The number of ether oxygens (including phenoxy) is 1. The molecule has 0 radical (unpaired) electrons. The van der Waals surface area contributed by atoms with Crippen molar-refractivity contribution in [2.24, 2.45) is 0 Å². The average molecular weight is 282 g/mol. The minimum Gasteiger partial charge on any atom is -0.378 e. The van der Waals surface area contributed by atoms with Gasteiger partial charge in [-0.1, -0.05) is 42.5 Å². The zero-order chi connectivity index (χ0) is 14.8. The van der Waals surface area contributed by atoms with Gasteiger partial charge in [-0.3, -0.25) is 5.32 Å². The number of benzene rings is 2. The summed E-state index contributed by atoms with van der Waals surface area (Å²) < 4.78 is 6.22. The Balaban J connectivity index is 1.76. The van der Waals surface area contributed by atoms with E-state index in [1.54, 1.807) is 0 Å². The molecule has 0 unspecified atom stereocenters. The van der Waals surface area contributed by atoms with Crippen LogP contribution in [0.4, 0.5) is 5.69 Å². The van der Waals surface area contributed by atoms with E-state index in [-0.39, 0.29) is 12.3 Å². The van der Waals surface area contributed by atoms with Crippen LogP contribution in [0.25, 0.3) is 0 Å². The first kappa shape index (κ1) is 14.1. The average Bonchev–Trinajstić information content (AvgIpc) is 2.90. The van der Waals surface area contributed by atoms with Crippen molar-refractivity contribution in [1.29, 1.82) is 0 Å². The lowest BCUT2D eigenvalue weighted by Gasteiger charge is -2.16. The van der Waals surface area contributed by atoms with E-state index < -0.39 is 0 Å². The molecule has 1 aliphatic rings. The maximum atomic E-state index is 6.22. The predicted molar refractivity (Wildman–Crippen MR) is 86.4 cm³/mol. The number of anilines is 1. The van der Waals surface area contributed by atoms with Crippen LogP contribution in [0.3, 0.4) is 0 Å². The van der Waals surface area contributed by atoms with Crippen molar-refractivity contribution >= 4 is 5.69 Å². The van der Waals surface area contributed by atoms with E-state index in [1.807, 2.05) is 20.2 Å². The van der Waals surface area contributed by atoms with Crippen molar-refractivity contribution in [3.63, 3.8) is 0 Å². The molecule has 0 aromatic heterocycles. The first-order chi connectivity index (χ1) is 10.1. The second-order valence-electron chi connectivity index (χ2n) is 5.79. The van der Waals surface area contributed by atoms with E-state index >= 15 is 0 Å². The van der Waals surface area contributed by atoms with Crippen molar-refractivity contribution in [2.75, 3.05) is 19.0 Å². The molecule has 1 fully saturated rings. The second kappa shape index (κ2) is 5.88. The third-order valence-corrected chi connectivity index (χ3v) is 3.99. The molecule has 21 heavy (non-hydrogen) atoms. The molecule has 0 aliphatic carbocycles. The summed E-state index contributed by atoms with van der Waals surface area (Å²) in [4.78, 5) is 2.10. The maximum Gasteiger partial charge on any atom is 0.135 e. The molecule has 1 aliphatic heterocycles. The van der Waals surface area contributed by atoms with Crippen molar-refractivity contribution in [1.82, 2.24) is 5.32 Å². The van der Waals surface area contributed by atoms with Crippen molar-refractivity contribution in [3.8, 4) is 0 Å². The summed E-state index contributed by atoms with van der Waals surface area (Å²) in [5, 5.41) is 3.53. The fourth-order valence-electron chi connectivity index (χ4n) is 2.76. The van der Waals surface area contributed by atoms with Gasteiger partial charge in [0, 0.05) is 25.8 Å². The van der Waals surface area contributed by atoms with Crippen LogP contribution in [-0.2, 0) is 4.74 Å². The van der Waals surface area contributed by atoms with E-state index in [2.05, 4.69) is 65.7 Å². The van der Waals surface area contributed by atoms with Crippen LogP contribution in [0.5, 0.6) is 0 Å². The normalized spacial score (nSPS) is 25.0. The Kier molecular flexibility index (Phi) is 3.95. The summed E-state index contributed by atoms with van der Waals surface area (Å²) in [5.74, 6) is 0. The van der Waals surface area contributed by atoms with E-state index in [0.29, 0.717) is 6.04 Å². The van der Waals surface area contributed by atoms with Gasteiger partial charge < -0.3 is 9.64 Å². The molecule has 3 heteroatoms. The summed E-state index contributed by atoms with van der Waals surface area (Å²) in [6.07, 6.45) is 0.0612. The fourth-order valence-corrected chi connectivity index (χ4v) is 2.76. The summed E-state index contributed by atoms with van der Waals surface area (Å²) in [5.41, 5.74) is 3.60. The Morgan fingerprint density at radius 1 is 0.905 bits per heavy atom. The van der Waals surface area contributed by atoms with Crippen LogP contribution in [0.15, 0.2) is 54.6 Å². The summed E-state index contributed by atoms with van der Waals surface area (Å²) in [7, 11) is 4.10. The summed E-state index contributed by atoms with van der Waals surface area (Å²) >= 11 is 0. The Morgan fingerprint density at radius 2 is 1.57 bits per heavy atom. The second-order valence-corrected chi connectivity index (χ2v) is 5.79. The van der Waals surface area contributed by atoms with Crippen LogP contribution < -0.4 is 10.2 Å². The highest BCUT2D eigenvalue weighted by Gasteiger charge is 2.33. The maximum absolute atomic E-state index is 6.22. The molecule has 3 rings (SSSR count). The molecule has 2 aromatic rings. The van der Waals surface area contributed by atoms with Crippen molar-refractivity contribution < 1.29 is 4.74 Å². The molecule has 2 aromatic carbocycles. The van der Waals surface area contributed by atoms with Gasteiger partial charge in [0.25, 0.3) is 0 Å². The quantitative estimate of drug-likeness (QED) is 0.932. The Hall–Kier alpha value is -1.84. The number of rotatable bonds is 3. The van der Waals surface area contributed by atoms with Gasteiger partial charge in [-0.25, -0.2) is 0 Å². The first-order valence-electron chi connectivity index (χ1n) is 7.39. The number of nitrogens with zero attached hydrogens (tertiary/aromatic N) is 1. The highest BCUT2D eigenvalue weighted by Crippen LogP contribution is 2.35. The van der Waals surface area contributed by atoms with Gasteiger partial charge in [-0.2, -0.15) is 0 Å². The van der Waals surface area contributed by atoms with Crippen molar-refractivity contribution in [2.45, 2.75) is 25.3 Å². The molecule has 1 saturated heterocycles. The molecule has 3 atom stereocenters. The molecule has 0 saturated carbocycles. The highest BCUT2D eigenvalue weighted by atomic mass is 16.5. The lowest BCUT2D eigenvalue weighted by molar-refractivity contribution is 0.0363.